The summed E-state index contributed by atoms with van der Waals surface area (Å²) in [5.41, 5.74) is 2.10. The number of hydrogen-bond donors (Lipinski definition) is 1. The van der Waals surface area contributed by atoms with E-state index in [1.54, 1.807) is 31.2 Å². The van der Waals surface area contributed by atoms with E-state index in [9.17, 15) is 18.0 Å². The van der Waals surface area contributed by atoms with E-state index >= 15 is 0 Å². The van der Waals surface area contributed by atoms with Crippen LogP contribution in [-0.2, 0) is 19.4 Å². The molecule has 1 N–H and O–H groups in total. The molecule has 1 aromatic heterocycles. The number of carbonyl (C=O) groups excluding carboxylic acids is 2. The molecule has 0 saturated heterocycles. The first-order valence-corrected chi connectivity index (χ1v) is 10.9. The van der Waals surface area contributed by atoms with Gasteiger partial charge in [-0.25, -0.2) is 13.2 Å². The molecule has 2 rings (SSSR count). The van der Waals surface area contributed by atoms with Crippen LogP contribution in [0.15, 0.2) is 29.2 Å². The van der Waals surface area contributed by atoms with E-state index in [0.717, 1.165) is 16.0 Å². The van der Waals surface area contributed by atoms with E-state index < -0.39 is 15.8 Å². The van der Waals surface area contributed by atoms with Gasteiger partial charge in [0.2, 0.25) is 5.91 Å². The fourth-order valence-corrected chi connectivity index (χ4v) is 4.91. The Labute approximate surface area is 163 Å². The number of rotatable bonds is 7. The lowest BCUT2D eigenvalue weighted by Crippen LogP contribution is -2.16. The van der Waals surface area contributed by atoms with Crippen LogP contribution in [0.25, 0.3) is 0 Å². The van der Waals surface area contributed by atoms with Gasteiger partial charge in [0.15, 0.2) is 9.84 Å². The number of anilines is 1. The van der Waals surface area contributed by atoms with E-state index in [4.69, 9.17) is 4.74 Å². The van der Waals surface area contributed by atoms with Gasteiger partial charge in [0, 0.05) is 11.3 Å². The van der Waals surface area contributed by atoms with Gasteiger partial charge in [-0.15, -0.1) is 11.3 Å². The second kappa shape index (κ2) is 8.67. The SMILES string of the molecule is COC(=O)c1c(NC(=O)CCCS(=O)(=O)c2ccc(C)cc2)sc(C)c1C. The second-order valence-electron chi connectivity index (χ2n) is 6.26. The summed E-state index contributed by atoms with van der Waals surface area (Å²) in [7, 11) is -2.14. The molecule has 27 heavy (non-hydrogen) atoms. The topological polar surface area (TPSA) is 89.5 Å². The van der Waals surface area contributed by atoms with Crippen LogP contribution < -0.4 is 5.32 Å². The zero-order chi connectivity index (χ0) is 20.2. The van der Waals surface area contributed by atoms with Crippen molar-refractivity contribution >= 4 is 38.1 Å². The van der Waals surface area contributed by atoms with E-state index in [0.29, 0.717) is 10.6 Å². The van der Waals surface area contributed by atoms with Crippen LogP contribution in [0.3, 0.4) is 0 Å². The number of hydrogen-bond acceptors (Lipinski definition) is 6. The maximum absolute atomic E-state index is 12.3. The molecule has 0 atom stereocenters. The van der Waals surface area contributed by atoms with Crippen LogP contribution in [0.1, 0.15) is 39.2 Å². The number of ether oxygens (including phenoxy) is 1. The summed E-state index contributed by atoms with van der Waals surface area (Å²) < 4.78 is 29.4. The van der Waals surface area contributed by atoms with Gasteiger partial charge in [0.05, 0.1) is 23.3 Å². The number of thiophene rings is 1. The largest absolute Gasteiger partial charge is 0.465 e. The molecular weight excluding hydrogens is 386 g/mol. The van der Waals surface area contributed by atoms with Gasteiger partial charge in [-0.1, -0.05) is 17.7 Å². The van der Waals surface area contributed by atoms with Crippen molar-refractivity contribution in [2.45, 2.75) is 38.5 Å². The molecule has 1 aromatic carbocycles. The number of esters is 1. The number of aryl methyl sites for hydroxylation is 2. The first-order valence-electron chi connectivity index (χ1n) is 8.43. The molecule has 2 aromatic rings. The number of benzene rings is 1. The van der Waals surface area contributed by atoms with Crippen molar-refractivity contribution in [1.82, 2.24) is 0 Å². The lowest BCUT2D eigenvalue weighted by Gasteiger charge is -2.07. The molecule has 1 heterocycles. The minimum atomic E-state index is -3.43. The quantitative estimate of drug-likeness (QED) is 0.705. The van der Waals surface area contributed by atoms with Crippen LogP contribution in [0.4, 0.5) is 5.00 Å². The lowest BCUT2D eigenvalue weighted by molar-refractivity contribution is -0.116. The van der Waals surface area contributed by atoms with Crippen molar-refractivity contribution in [1.29, 1.82) is 0 Å². The third kappa shape index (κ3) is 5.17. The number of sulfone groups is 1. The van der Waals surface area contributed by atoms with E-state index in [1.807, 2.05) is 13.8 Å². The van der Waals surface area contributed by atoms with Gasteiger partial charge in [0.1, 0.15) is 5.00 Å². The van der Waals surface area contributed by atoms with Crippen molar-refractivity contribution in [2.75, 3.05) is 18.2 Å². The van der Waals surface area contributed by atoms with Gasteiger partial charge in [-0.05, 0) is 44.9 Å². The van der Waals surface area contributed by atoms with Gasteiger partial charge in [-0.3, -0.25) is 4.79 Å². The van der Waals surface area contributed by atoms with Gasteiger partial charge < -0.3 is 10.1 Å². The van der Waals surface area contributed by atoms with Crippen molar-refractivity contribution in [3.05, 3.63) is 45.8 Å². The molecule has 0 saturated carbocycles. The summed E-state index contributed by atoms with van der Waals surface area (Å²) in [4.78, 5) is 25.3. The Hall–Kier alpha value is -2.19. The summed E-state index contributed by atoms with van der Waals surface area (Å²) >= 11 is 1.30. The molecule has 8 heteroatoms. The third-order valence-corrected chi connectivity index (χ3v) is 7.16. The molecule has 1 amide bonds. The molecule has 0 bridgehead atoms. The summed E-state index contributed by atoms with van der Waals surface area (Å²) in [6.07, 6.45) is 0.237. The van der Waals surface area contributed by atoms with Crippen molar-refractivity contribution in [3.8, 4) is 0 Å². The number of amides is 1. The predicted molar refractivity (Wildman–Crippen MR) is 106 cm³/mol. The predicted octanol–water partition coefficient (Wildman–Crippen LogP) is 3.65. The molecule has 146 valence electrons. The zero-order valence-electron chi connectivity index (χ0n) is 15.8. The highest BCUT2D eigenvalue weighted by Crippen LogP contribution is 2.33. The highest BCUT2D eigenvalue weighted by Gasteiger charge is 2.22. The molecule has 0 radical (unpaired) electrons. The maximum Gasteiger partial charge on any atom is 0.341 e. The molecule has 6 nitrogen and oxygen atoms in total. The molecule has 0 unspecified atom stereocenters. The highest BCUT2D eigenvalue weighted by atomic mass is 32.2. The fourth-order valence-electron chi connectivity index (χ4n) is 2.54. The van der Waals surface area contributed by atoms with Gasteiger partial charge in [-0.2, -0.15) is 0 Å². The summed E-state index contributed by atoms with van der Waals surface area (Å²) in [6.45, 7) is 5.54. The third-order valence-electron chi connectivity index (χ3n) is 4.22. The van der Waals surface area contributed by atoms with Crippen LogP contribution >= 0.6 is 11.3 Å². The number of carbonyl (C=O) groups is 2. The first-order chi connectivity index (χ1) is 12.7. The Bertz CT molecular complexity index is 943. The molecule has 0 fully saturated rings. The summed E-state index contributed by atoms with van der Waals surface area (Å²) in [6, 6.07) is 6.64. The molecule has 0 aliphatic heterocycles. The summed E-state index contributed by atoms with van der Waals surface area (Å²) in [5, 5.41) is 3.14. The van der Waals surface area contributed by atoms with Crippen LogP contribution in [-0.4, -0.2) is 33.2 Å². The first kappa shape index (κ1) is 21.1. The average molecular weight is 410 g/mol. The minimum Gasteiger partial charge on any atom is -0.465 e. The van der Waals surface area contributed by atoms with Crippen molar-refractivity contribution < 1.29 is 22.7 Å². The fraction of sp³-hybridized carbons (Fsp3) is 0.368. The van der Waals surface area contributed by atoms with Crippen LogP contribution in [0, 0.1) is 20.8 Å². The molecule has 0 aliphatic rings. The monoisotopic (exact) mass is 409 g/mol. The van der Waals surface area contributed by atoms with Gasteiger partial charge >= 0.3 is 5.97 Å². The van der Waals surface area contributed by atoms with E-state index in [1.165, 1.54) is 18.4 Å². The van der Waals surface area contributed by atoms with Gasteiger partial charge in [0.25, 0.3) is 0 Å². The van der Waals surface area contributed by atoms with E-state index in [2.05, 4.69) is 5.32 Å². The highest BCUT2D eigenvalue weighted by molar-refractivity contribution is 7.91. The number of nitrogens with one attached hydrogen (secondary N) is 1. The molecular formula is C19H23NO5S2. The minimum absolute atomic E-state index is 0.0434. The van der Waals surface area contributed by atoms with E-state index in [-0.39, 0.29) is 29.4 Å². The molecule has 0 spiro atoms. The summed E-state index contributed by atoms with van der Waals surface area (Å²) in [5.74, 6) is -0.954. The smallest absolute Gasteiger partial charge is 0.341 e. The standard InChI is InChI=1S/C19H23NO5S2/c1-12-7-9-15(10-8-12)27(23,24)11-5-6-16(21)20-18-17(19(22)25-4)13(2)14(3)26-18/h7-10H,5-6,11H2,1-4H3,(H,20,21). The average Bonchev–Trinajstić information content (AvgIpc) is 2.88. The maximum atomic E-state index is 12.3. The Balaban J connectivity index is 1.98. The Kier molecular flexibility index (Phi) is 6.78. The lowest BCUT2D eigenvalue weighted by atomic mass is 10.1. The van der Waals surface area contributed by atoms with Crippen LogP contribution in [0.5, 0.6) is 0 Å². The Morgan fingerprint density at radius 2 is 1.74 bits per heavy atom. The Morgan fingerprint density at radius 3 is 2.33 bits per heavy atom. The van der Waals surface area contributed by atoms with Crippen LogP contribution in [0.2, 0.25) is 0 Å². The molecule has 0 aliphatic carbocycles. The second-order valence-corrected chi connectivity index (χ2v) is 9.60. The zero-order valence-corrected chi connectivity index (χ0v) is 17.4. The normalized spacial score (nSPS) is 11.3. The Morgan fingerprint density at radius 1 is 1.11 bits per heavy atom. The number of methoxy groups -OCH3 is 1. The van der Waals surface area contributed by atoms with Crippen molar-refractivity contribution in [2.24, 2.45) is 0 Å². The van der Waals surface area contributed by atoms with Crippen molar-refractivity contribution in [3.63, 3.8) is 0 Å².